The van der Waals surface area contributed by atoms with E-state index in [9.17, 15) is 20.4 Å². The number of nitrogens with zero attached hydrogens (tertiary/aromatic N) is 1. The molecule has 0 bridgehead atoms. The molecule has 1 aromatic heterocycles. The fourth-order valence-corrected chi connectivity index (χ4v) is 4.73. The minimum Gasteiger partial charge on any atom is -0.464 e. The van der Waals surface area contributed by atoms with E-state index in [0.29, 0.717) is 11.6 Å². The van der Waals surface area contributed by atoms with E-state index in [1.165, 1.54) is 0 Å². The van der Waals surface area contributed by atoms with Gasteiger partial charge in [-0.15, -0.1) is 0 Å². The second-order valence-electron chi connectivity index (χ2n) is 8.35. The van der Waals surface area contributed by atoms with E-state index in [0.717, 1.165) is 27.5 Å². The van der Waals surface area contributed by atoms with Gasteiger partial charge < -0.3 is 30.9 Å². The SMILES string of the molecule is Cc1cc(-c2cccc3c(N)nccc23)ccc1OC(O)C1C(C)C(CO)C(O)C1O. The van der Waals surface area contributed by atoms with Crippen molar-refractivity contribution >= 4 is 16.6 Å². The van der Waals surface area contributed by atoms with Crippen LogP contribution >= 0.6 is 0 Å². The quantitative estimate of drug-likeness (QED) is 0.397. The maximum absolute atomic E-state index is 10.7. The van der Waals surface area contributed by atoms with Crippen molar-refractivity contribution in [2.75, 3.05) is 12.3 Å². The minimum atomic E-state index is -1.32. The van der Waals surface area contributed by atoms with Gasteiger partial charge in [0.15, 0.2) is 0 Å². The molecule has 1 saturated carbocycles. The van der Waals surface area contributed by atoms with Crippen LogP contribution in [0, 0.1) is 24.7 Å². The number of pyridine rings is 1. The van der Waals surface area contributed by atoms with Crippen LogP contribution in [-0.4, -0.2) is 50.5 Å². The van der Waals surface area contributed by atoms with Crippen LogP contribution in [0.5, 0.6) is 5.75 Å². The topological polar surface area (TPSA) is 129 Å². The Morgan fingerprint density at radius 1 is 1.10 bits per heavy atom. The second kappa shape index (κ2) is 8.43. The number of hydrogen-bond acceptors (Lipinski definition) is 7. The fraction of sp³-hybridized carbons (Fsp3) is 0.375. The van der Waals surface area contributed by atoms with E-state index in [-0.39, 0.29) is 12.5 Å². The molecule has 2 aromatic carbocycles. The number of rotatable bonds is 5. The molecule has 6 unspecified atom stereocenters. The zero-order valence-electron chi connectivity index (χ0n) is 17.5. The van der Waals surface area contributed by atoms with E-state index < -0.39 is 30.3 Å². The van der Waals surface area contributed by atoms with Gasteiger partial charge in [0.05, 0.1) is 18.1 Å². The fourth-order valence-electron chi connectivity index (χ4n) is 4.73. The molecule has 1 aliphatic rings. The van der Waals surface area contributed by atoms with Gasteiger partial charge in [0, 0.05) is 24.1 Å². The number of hydrogen-bond donors (Lipinski definition) is 5. The largest absolute Gasteiger partial charge is 0.464 e. The van der Waals surface area contributed by atoms with Crippen molar-refractivity contribution in [2.24, 2.45) is 17.8 Å². The maximum Gasteiger partial charge on any atom is 0.203 e. The lowest BCUT2D eigenvalue weighted by Crippen LogP contribution is -2.38. The Morgan fingerprint density at radius 3 is 2.55 bits per heavy atom. The van der Waals surface area contributed by atoms with E-state index in [1.54, 1.807) is 19.2 Å². The molecule has 1 heterocycles. The third-order valence-electron chi connectivity index (χ3n) is 6.58. The Kier molecular flexibility index (Phi) is 5.85. The number of aliphatic hydroxyl groups is 4. The molecule has 0 saturated heterocycles. The highest BCUT2D eigenvalue weighted by molar-refractivity contribution is 6.01. The lowest BCUT2D eigenvalue weighted by Gasteiger charge is -2.27. The number of nitrogen functional groups attached to an aromatic ring is 1. The van der Waals surface area contributed by atoms with Gasteiger partial charge in [0.1, 0.15) is 11.6 Å². The van der Waals surface area contributed by atoms with Crippen LogP contribution in [0.4, 0.5) is 5.82 Å². The molecule has 7 heteroatoms. The summed E-state index contributed by atoms with van der Waals surface area (Å²) in [5.41, 5.74) is 8.81. The van der Waals surface area contributed by atoms with Crippen molar-refractivity contribution in [1.29, 1.82) is 0 Å². The number of nitrogens with two attached hydrogens (primary N) is 1. The van der Waals surface area contributed by atoms with Gasteiger partial charge in [-0.2, -0.15) is 0 Å². The Morgan fingerprint density at radius 2 is 1.87 bits per heavy atom. The Labute approximate surface area is 180 Å². The maximum atomic E-state index is 10.7. The molecule has 0 spiro atoms. The van der Waals surface area contributed by atoms with Gasteiger partial charge in [-0.25, -0.2) is 4.98 Å². The number of fused-ring (bicyclic) bond motifs is 1. The molecule has 1 fully saturated rings. The molecular formula is C24H28N2O5. The number of aryl methyl sites for hydroxylation is 1. The first-order valence-corrected chi connectivity index (χ1v) is 10.4. The zero-order chi connectivity index (χ0) is 22.3. The van der Waals surface area contributed by atoms with Crippen LogP contribution in [0.1, 0.15) is 12.5 Å². The molecule has 1 aliphatic carbocycles. The van der Waals surface area contributed by atoms with Crippen LogP contribution in [0.15, 0.2) is 48.7 Å². The number of aromatic nitrogens is 1. The van der Waals surface area contributed by atoms with E-state index >= 15 is 0 Å². The summed E-state index contributed by atoms with van der Waals surface area (Å²) in [5.74, 6) is -0.556. The Hall–Kier alpha value is -2.71. The van der Waals surface area contributed by atoms with Crippen molar-refractivity contribution in [3.05, 3.63) is 54.2 Å². The minimum absolute atomic E-state index is 0.262. The van der Waals surface area contributed by atoms with Crippen LogP contribution in [0.25, 0.3) is 21.9 Å². The van der Waals surface area contributed by atoms with Crippen LogP contribution in [0.3, 0.4) is 0 Å². The van der Waals surface area contributed by atoms with Gasteiger partial charge >= 0.3 is 0 Å². The number of anilines is 1. The van der Waals surface area contributed by atoms with Crippen molar-refractivity contribution in [3.8, 4) is 16.9 Å². The first-order chi connectivity index (χ1) is 14.8. The van der Waals surface area contributed by atoms with Crippen molar-refractivity contribution in [1.82, 2.24) is 4.98 Å². The predicted molar refractivity (Wildman–Crippen MR) is 118 cm³/mol. The third kappa shape index (κ3) is 3.74. The molecule has 3 aromatic rings. The number of ether oxygens (including phenoxy) is 1. The predicted octanol–water partition coefficient (Wildman–Crippen LogP) is 2.09. The molecule has 0 amide bonds. The lowest BCUT2D eigenvalue weighted by molar-refractivity contribution is -0.113. The summed E-state index contributed by atoms with van der Waals surface area (Å²) in [6.45, 7) is 3.41. The molecule has 4 rings (SSSR count). The highest BCUT2D eigenvalue weighted by Gasteiger charge is 2.50. The van der Waals surface area contributed by atoms with Gasteiger partial charge in [0.2, 0.25) is 6.29 Å². The average Bonchev–Trinajstić information content (AvgIpc) is 2.97. The lowest BCUT2D eigenvalue weighted by atomic mass is 9.90. The summed E-state index contributed by atoms with van der Waals surface area (Å²) in [6.07, 6.45) is -1.90. The standard InChI is InChI=1S/C24H28N2O5/c1-12-10-14(15-4-3-5-17-16(15)8-9-26-23(17)25)6-7-19(12)31-24(30)20-13(2)18(11-27)21(28)22(20)29/h3-10,13,18,20-22,24,27-30H,11H2,1-2H3,(H2,25,26). The third-order valence-corrected chi connectivity index (χ3v) is 6.58. The highest BCUT2D eigenvalue weighted by Crippen LogP contribution is 2.40. The van der Waals surface area contributed by atoms with Crippen LogP contribution in [0.2, 0.25) is 0 Å². The van der Waals surface area contributed by atoms with E-state index in [4.69, 9.17) is 10.5 Å². The Balaban J connectivity index is 1.60. The molecule has 164 valence electrons. The smallest absolute Gasteiger partial charge is 0.203 e. The molecule has 31 heavy (non-hydrogen) atoms. The van der Waals surface area contributed by atoms with E-state index in [2.05, 4.69) is 4.98 Å². The van der Waals surface area contributed by atoms with E-state index in [1.807, 2.05) is 43.3 Å². The van der Waals surface area contributed by atoms with Crippen molar-refractivity contribution < 1.29 is 25.2 Å². The van der Waals surface area contributed by atoms with Gasteiger partial charge in [-0.05, 0) is 53.1 Å². The average molecular weight is 424 g/mol. The second-order valence-corrected chi connectivity index (χ2v) is 8.35. The normalized spacial score (nSPS) is 26.8. The van der Waals surface area contributed by atoms with Crippen LogP contribution in [-0.2, 0) is 0 Å². The van der Waals surface area contributed by atoms with Crippen molar-refractivity contribution in [3.63, 3.8) is 0 Å². The summed E-state index contributed by atoms with van der Waals surface area (Å²) in [4.78, 5) is 4.15. The molecule has 6 N–H and O–H groups in total. The van der Waals surface area contributed by atoms with Crippen molar-refractivity contribution in [2.45, 2.75) is 32.3 Å². The number of benzene rings is 2. The zero-order valence-corrected chi connectivity index (χ0v) is 17.5. The number of aliphatic hydroxyl groups excluding tert-OH is 4. The molecular weight excluding hydrogens is 396 g/mol. The van der Waals surface area contributed by atoms with Crippen LogP contribution < -0.4 is 10.5 Å². The van der Waals surface area contributed by atoms with Gasteiger partial charge in [-0.1, -0.05) is 31.2 Å². The molecule has 0 aliphatic heterocycles. The molecule has 6 atom stereocenters. The summed E-state index contributed by atoms with van der Waals surface area (Å²) < 4.78 is 5.78. The summed E-state index contributed by atoms with van der Waals surface area (Å²) >= 11 is 0. The Bertz CT molecular complexity index is 1090. The summed E-state index contributed by atoms with van der Waals surface area (Å²) in [7, 11) is 0. The first-order valence-electron chi connectivity index (χ1n) is 10.4. The molecule has 0 radical (unpaired) electrons. The highest BCUT2D eigenvalue weighted by atomic mass is 16.6. The van der Waals surface area contributed by atoms with Gasteiger partial charge in [-0.3, -0.25) is 0 Å². The molecule has 7 nitrogen and oxygen atoms in total. The first kappa shape index (κ1) is 21.5. The van der Waals surface area contributed by atoms with Gasteiger partial charge in [0.25, 0.3) is 0 Å². The summed E-state index contributed by atoms with van der Waals surface area (Å²) in [6, 6.07) is 13.5. The monoisotopic (exact) mass is 424 g/mol. The summed E-state index contributed by atoms with van der Waals surface area (Å²) in [5, 5.41) is 42.5.